The van der Waals surface area contributed by atoms with E-state index >= 15 is 0 Å². The van der Waals surface area contributed by atoms with Gasteiger partial charge in [0.25, 0.3) is 0 Å². The molecule has 0 radical (unpaired) electrons. The van der Waals surface area contributed by atoms with Gasteiger partial charge in [0, 0.05) is 31.7 Å². The standard InChI is InChI=1S/C15H24N4O2/c1-20-11-5-3-6-15(11)7-4-8-19(10-15)12-9-13(21-2)18-14(16)17-12/h9,11H,3-8,10H2,1-2H3,(H2,16,17,18)/t11-,15-/m1/s1. The largest absolute Gasteiger partial charge is 0.481 e. The molecule has 2 aliphatic rings. The number of ether oxygens (including phenoxy) is 2. The second kappa shape index (κ2) is 5.67. The molecule has 1 aliphatic heterocycles. The number of anilines is 2. The Morgan fingerprint density at radius 3 is 2.86 bits per heavy atom. The monoisotopic (exact) mass is 292 g/mol. The molecule has 3 rings (SSSR count). The van der Waals surface area contributed by atoms with Crippen molar-refractivity contribution in [2.45, 2.75) is 38.2 Å². The first-order valence-electron chi connectivity index (χ1n) is 7.63. The summed E-state index contributed by atoms with van der Waals surface area (Å²) in [4.78, 5) is 10.7. The van der Waals surface area contributed by atoms with Crippen molar-refractivity contribution in [3.63, 3.8) is 0 Å². The Hall–Kier alpha value is -1.56. The second-order valence-corrected chi connectivity index (χ2v) is 6.13. The Kier molecular flexibility index (Phi) is 3.89. The van der Waals surface area contributed by atoms with E-state index in [1.807, 2.05) is 13.2 Å². The van der Waals surface area contributed by atoms with Crippen molar-refractivity contribution in [3.8, 4) is 5.88 Å². The lowest BCUT2D eigenvalue weighted by Crippen LogP contribution is -2.48. The summed E-state index contributed by atoms with van der Waals surface area (Å²) >= 11 is 0. The zero-order chi connectivity index (χ0) is 14.9. The number of piperidine rings is 1. The zero-order valence-corrected chi connectivity index (χ0v) is 12.8. The minimum Gasteiger partial charge on any atom is -0.481 e. The summed E-state index contributed by atoms with van der Waals surface area (Å²) in [7, 11) is 3.43. The fourth-order valence-corrected chi connectivity index (χ4v) is 3.99. The number of methoxy groups -OCH3 is 2. The Bertz CT molecular complexity index is 510. The quantitative estimate of drug-likeness (QED) is 0.916. The molecule has 2 N–H and O–H groups in total. The van der Waals surface area contributed by atoms with E-state index in [0.29, 0.717) is 12.0 Å². The van der Waals surface area contributed by atoms with E-state index in [9.17, 15) is 0 Å². The first-order valence-corrected chi connectivity index (χ1v) is 7.63. The van der Waals surface area contributed by atoms with Gasteiger partial charge >= 0.3 is 0 Å². The maximum atomic E-state index is 5.79. The van der Waals surface area contributed by atoms with Crippen molar-refractivity contribution in [3.05, 3.63) is 6.07 Å². The number of nitrogens with two attached hydrogens (primary N) is 1. The number of hydrogen-bond donors (Lipinski definition) is 1. The first-order chi connectivity index (χ1) is 10.2. The number of nitrogen functional groups attached to an aromatic ring is 1. The van der Waals surface area contributed by atoms with Gasteiger partial charge in [-0.1, -0.05) is 6.42 Å². The minimum absolute atomic E-state index is 0.263. The van der Waals surface area contributed by atoms with Crippen LogP contribution in [0.4, 0.5) is 11.8 Å². The van der Waals surface area contributed by atoms with E-state index in [2.05, 4.69) is 14.9 Å². The molecule has 1 spiro atoms. The molecule has 21 heavy (non-hydrogen) atoms. The Labute approximate surface area is 125 Å². The van der Waals surface area contributed by atoms with E-state index in [0.717, 1.165) is 25.3 Å². The van der Waals surface area contributed by atoms with Crippen molar-refractivity contribution < 1.29 is 9.47 Å². The van der Waals surface area contributed by atoms with Crippen molar-refractivity contribution in [1.29, 1.82) is 0 Å². The zero-order valence-electron chi connectivity index (χ0n) is 12.8. The van der Waals surface area contributed by atoms with Gasteiger partial charge in [0.2, 0.25) is 11.8 Å². The Morgan fingerprint density at radius 2 is 2.10 bits per heavy atom. The number of rotatable bonds is 3. The van der Waals surface area contributed by atoms with Crippen LogP contribution >= 0.6 is 0 Å². The predicted molar refractivity (Wildman–Crippen MR) is 81.5 cm³/mol. The molecule has 1 saturated carbocycles. The van der Waals surface area contributed by atoms with Gasteiger partial charge in [0.1, 0.15) is 5.82 Å². The lowest BCUT2D eigenvalue weighted by atomic mass is 9.76. The molecule has 6 nitrogen and oxygen atoms in total. The topological polar surface area (TPSA) is 73.5 Å². The predicted octanol–water partition coefficient (Wildman–Crippen LogP) is 1.85. The lowest BCUT2D eigenvalue weighted by Gasteiger charge is -2.44. The molecular formula is C15H24N4O2. The maximum Gasteiger partial charge on any atom is 0.225 e. The third kappa shape index (κ3) is 2.64. The van der Waals surface area contributed by atoms with Crippen molar-refractivity contribution in [2.75, 3.05) is 37.9 Å². The van der Waals surface area contributed by atoms with Crippen molar-refractivity contribution >= 4 is 11.8 Å². The van der Waals surface area contributed by atoms with Gasteiger partial charge < -0.3 is 20.1 Å². The van der Waals surface area contributed by atoms with Crippen LogP contribution in [0.5, 0.6) is 5.88 Å². The van der Waals surface area contributed by atoms with E-state index in [1.165, 1.54) is 25.7 Å². The van der Waals surface area contributed by atoms with Crippen LogP contribution in [-0.2, 0) is 4.74 Å². The third-order valence-corrected chi connectivity index (χ3v) is 4.96. The summed E-state index contributed by atoms with van der Waals surface area (Å²) in [6, 6.07) is 1.87. The number of aromatic nitrogens is 2. The van der Waals surface area contributed by atoms with Crippen molar-refractivity contribution in [1.82, 2.24) is 9.97 Å². The highest BCUT2D eigenvalue weighted by Crippen LogP contribution is 2.47. The highest BCUT2D eigenvalue weighted by Gasteiger charge is 2.46. The number of hydrogen-bond acceptors (Lipinski definition) is 6. The minimum atomic E-state index is 0.263. The fourth-order valence-electron chi connectivity index (χ4n) is 3.99. The highest BCUT2D eigenvalue weighted by atomic mass is 16.5. The van der Waals surface area contributed by atoms with Crippen LogP contribution in [0.1, 0.15) is 32.1 Å². The van der Waals surface area contributed by atoms with Crippen LogP contribution in [0.25, 0.3) is 0 Å². The van der Waals surface area contributed by atoms with E-state index in [1.54, 1.807) is 7.11 Å². The summed E-state index contributed by atoms with van der Waals surface area (Å²) in [5.74, 6) is 1.64. The van der Waals surface area contributed by atoms with Crippen LogP contribution in [0.15, 0.2) is 6.07 Å². The second-order valence-electron chi connectivity index (χ2n) is 6.13. The molecule has 2 atom stereocenters. The maximum absolute atomic E-state index is 5.79. The van der Waals surface area contributed by atoms with E-state index in [4.69, 9.17) is 15.2 Å². The average molecular weight is 292 g/mol. The van der Waals surface area contributed by atoms with E-state index < -0.39 is 0 Å². The Morgan fingerprint density at radius 1 is 1.29 bits per heavy atom. The summed E-state index contributed by atoms with van der Waals surface area (Å²) in [6.45, 7) is 1.98. The van der Waals surface area contributed by atoms with Crippen LogP contribution in [0.2, 0.25) is 0 Å². The van der Waals surface area contributed by atoms with Crippen LogP contribution in [0, 0.1) is 5.41 Å². The van der Waals surface area contributed by atoms with Crippen LogP contribution in [0.3, 0.4) is 0 Å². The molecule has 0 aromatic carbocycles. The average Bonchev–Trinajstić information content (AvgIpc) is 2.88. The molecule has 1 aromatic rings. The molecule has 1 aliphatic carbocycles. The normalized spacial score (nSPS) is 29.0. The molecule has 0 bridgehead atoms. The van der Waals surface area contributed by atoms with Gasteiger partial charge in [-0.2, -0.15) is 9.97 Å². The van der Waals surface area contributed by atoms with Crippen molar-refractivity contribution in [2.24, 2.45) is 5.41 Å². The molecule has 1 saturated heterocycles. The van der Waals surface area contributed by atoms with Gasteiger partial charge in [-0.15, -0.1) is 0 Å². The van der Waals surface area contributed by atoms with Gasteiger partial charge in [-0.25, -0.2) is 0 Å². The Balaban J connectivity index is 1.84. The van der Waals surface area contributed by atoms with Gasteiger partial charge in [-0.3, -0.25) is 0 Å². The van der Waals surface area contributed by atoms with Gasteiger partial charge in [0.05, 0.1) is 13.2 Å². The third-order valence-electron chi connectivity index (χ3n) is 4.96. The molecule has 0 unspecified atom stereocenters. The molecule has 1 aromatic heterocycles. The summed E-state index contributed by atoms with van der Waals surface area (Å²) in [5, 5.41) is 0. The van der Waals surface area contributed by atoms with E-state index in [-0.39, 0.29) is 11.4 Å². The van der Waals surface area contributed by atoms with Gasteiger partial charge in [0.15, 0.2) is 0 Å². The molecule has 2 heterocycles. The summed E-state index contributed by atoms with van der Waals surface area (Å²) in [6.07, 6.45) is 6.41. The number of nitrogens with zero attached hydrogens (tertiary/aromatic N) is 3. The molecule has 116 valence electrons. The van der Waals surface area contributed by atoms with Crippen LogP contribution < -0.4 is 15.4 Å². The van der Waals surface area contributed by atoms with Gasteiger partial charge in [-0.05, 0) is 25.7 Å². The lowest BCUT2D eigenvalue weighted by molar-refractivity contribution is 0.00216. The molecule has 6 heteroatoms. The summed E-state index contributed by atoms with van der Waals surface area (Å²) < 4.78 is 11.0. The highest BCUT2D eigenvalue weighted by molar-refractivity contribution is 5.46. The smallest absolute Gasteiger partial charge is 0.225 e. The fraction of sp³-hybridized carbons (Fsp3) is 0.733. The summed E-state index contributed by atoms with van der Waals surface area (Å²) in [5.41, 5.74) is 6.05. The first kappa shape index (κ1) is 14.4. The molecule has 0 amide bonds. The molecular weight excluding hydrogens is 268 g/mol. The SMILES string of the molecule is COc1cc(N2CCC[C@]3(CCC[C@H]3OC)C2)nc(N)n1. The van der Waals surface area contributed by atoms with Crippen LogP contribution in [-0.4, -0.2) is 43.4 Å². The molecule has 2 fully saturated rings.